The Morgan fingerprint density at radius 1 is 1.17 bits per heavy atom. The van der Waals surface area contributed by atoms with Crippen LogP contribution in [0.2, 0.25) is 0 Å². The molecule has 2 N–H and O–H groups in total. The lowest BCUT2D eigenvalue weighted by Crippen LogP contribution is -2.29. The molecule has 0 amide bonds. The average Bonchev–Trinajstić information content (AvgIpc) is 2.96. The molecule has 0 fully saturated rings. The molecule has 0 spiro atoms. The Kier molecular flexibility index (Phi) is 9.01. The second-order valence-electron chi connectivity index (χ2n) is 9.00. The van der Waals surface area contributed by atoms with Crippen molar-refractivity contribution in [3.63, 3.8) is 0 Å². The van der Waals surface area contributed by atoms with E-state index in [9.17, 15) is 4.79 Å². The highest BCUT2D eigenvalue weighted by Crippen LogP contribution is 2.26. The molecular formula is C29H37N5O. The summed E-state index contributed by atoms with van der Waals surface area (Å²) in [6.45, 7) is 7.88. The standard InChI is InChI=1S/C29H37N5O/c1-6-7-13-22(3)33(4)17-18-34(5)23-14-9-11-16-28(35)25-20-27(24-15-10-8-12-21(24)2)32-29(30)31-26(25)19-23/h6-8,10-13,15-16,19H,9,14,17-18,20H2,1-5H3,(H2,30,31)/b7-6-,16-11+,22-13+,23-19-. The van der Waals surface area contributed by atoms with Crippen molar-refractivity contribution in [3.05, 3.63) is 94.5 Å². The fourth-order valence-corrected chi connectivity index (χ4v) is 4.07. The van der Waals surface area contributed by atoms with Gasteiger partial charge in [-0.25, -0.2) is 9.98 Å². The van der Waals surface area contributed by atoms with E-state index < -0.39 is 0 Å². The number of benzene rings is 1. The maximum absolute atomic E-state index is 13.2. The summed E-state index contributed by atoms with van der Waals surface area (Å²) in [7, 11) is 4.19. The third-order valence-corrected chi connectivity index (χ3v) is 6.42. The van der Waals surface area contributed by atoms with Crippen LogP contribution in [0.5, 0.6) is 0 Å². The lowest BCUT2D eigenvalue weighted by atomic mass is 9.95. The number of carbonyl (C=O) groups excluding carboxylic acids is 1. The Hall–Kier alpha value is -3.67. The van der Waals surface area contributed by atoms with Crippen molar-refractivity contribution >= 4 is 17.5 Å². The molecule has 35 heavy (non-hydrogen) atoms. The average molecular weight is 472 g/mol. The molecule has 0 saturated heterocycles. The van der Waals surface area contributed by atoms with Crippen molar-refractivity contribution in [2.45, 2.75) is 40.0 Å². The molecule has 6 nitrogen and oxygen atoms in total. The van der Waals surface area contributed by atoms with Gasteiger partial charge in [-0.15, -0.1) is 0 Å². The molecule has 184 valence electrons. The Bertz CT molecular complexity index is 1160. The highest BCUT2D eigenvalue weighted by molar-refractivity contribution is 6.16. The minimum absolute atomic E-state index is 0.0376. The van der Waals surface area contributed by atoms with Crippen molar-refractivity contribution in [2.24, 2.45) is 15.7 Å². The van der Waals surface area contributed by atoms with Crippen LogP contribution >= 0.6 is 0 Å². The van der Waals surface area contributed by atoms with Crippen LogP contribution in [0.4, 0.5) is 0 Å². The van der Waals surface area contributed by atoms with Crippen molar-refractivity contribution in [1.29, 1.82) is 0 Å². The number of aryl methyl sites for hydroxylation is 1. The first-order valence-corrected chi connectivity index (χ1v) is 12.1. The summed E-state index contributed by atoms with van der Waals surface area (Å²) < 4.78 is 0. The Labute approximate surface area is 209 Å². The van der Waals surface area contributed by atoms with Crippen molar-refractivity contribution in [3.8, 4) is 0 Å². The van der Waals surface area contributed by atoms with Crippen LogP contribution in [-0.2, 0) is 4.79 Å². The van der Waals surface area contributed by atoms with E-state index in [4.69, 9.17) is 5.73 Å². The molecule has 0 aromatic heterocycles. The van der Waals surface area contributed by atoms with Crippen molar-refractivity contribution in [2.75, 3.05) is 27.2 Å². The van der Waals surface area contributed by atoms with E-state index in [0.717, 1.165) is 48.5 Å². The topological polar surface area (TPSA) is 74.3 Å². The predicted octanol–water partition coefficient (Wildman–Crippen LogP) is 4.90. The molecule has 1 aliphatic carbocycles. The van der Waals surface area contributed by atoms with E-state index >= 15 is 0 Å². The molecule has 0 atom stereocenters. The van der Waals surface area contributed by atoms with Crippen molar-refractivity contribution in [1.82, 2.24) is 9.80 Å². The molecule has 1 aromatic rings. The van der Waals surface area contributed by atoms with Gasteiger partial charge >= 0.3 is 0 Å². The summed E-state index contributed by atoms with van der Waals surface area (Å²) >= 11 is 0. The normalized spacial score (nSPS) is 19.5. The summed E-state index contributed by atoms with van der Waals surface area (Å²) in [5.74, 6) is 0.136. The van der Waals surface area contributed by atoms with E-state index in [1.165, 1.54) is 5.70 Å². The summed E-state index contributed by atoms with van der Waals surface area (Å²) in [5, 5.41) is 0. The number of likely N-dealkylation sites (N-methyl/N-ethyl adjacent to an activating group) is 2. The molecule has 1 heterocycles. The number of nitrogens with two attached hydrogens (primary N) is 1. The molecule has 0 saturated carbocycles. The van der Waals surface area contributed by atoms with E-state index in [2.05, 4.69) is 53.0 Å². The van der Waals surface area contributed by atoms with Gasteiger partial charge in [0.25, 0.3) is 0 Å². The third-order valence-electron chi connectivity index (χ3n) is 6.42. The smallest absolute Gasteiger partial charge is 0.220 e. The summed E-state index contributed by atoms with van der Waals surface area (Å²) in [4.78, 5) is 26.8. The first-order valence-electron chi connectivity index (χ1n) is 12.1. The second-order valence-corrected chi connectivity index (χ2v) is 9.00. The van der Waals surface area contributed by atoms with Gasteiger partial charge in [-0.1, -0.05) is 42.5 Å². The van der Waals surface area contributed by atoms with Gasteiger partial charge in [0.05, 0.1) is 11.4 Å². The number of nitrogens with zero attached hydrogens (tertiary/aromatic N) is 4. The molecule has 1 aliphatic heterocycles. The summed E-state index contributed by atoms with van der Waals surface area (Å²) in [6.07, 6.45) is 13.8. The van der Waals surface area contributed by atoms with Crippen LogP contribution in [0.15, 0.2) is 93.4 Å². The van der Waals surface area contributed by atoms with Crippen molar-refractivity contribution < 1.29 is 4.79 Å². The number of allylic oxidation sites excluding steroid dienone is 9. The van der Waals surface area contributed by atoms with Gasteiger partial charge in [-0.05, 0) is 63.0 Å². The monoisotopic (exact) mass is 471 g/mol. The SMILES string of the molecule is C/C=C\C=C(/C)N(C)CCN(C)/C1=C\C2=C(CC(c3ccccc3C)=NC(N)=N2)C(=O)/C=C/CC1. The predicted molar refractivity (Wildman–Crippen MR) is 146 cm³/mol. The zero-order valence-corrected chi connectivity index (χ0v) is 21.6. The molecule has 3 rings (SSSR count). The molecule has 0 unspecified atom stereocenters. The zero-order chi connectivity index (χ0) is 25.4. The Morgan fingerprint density at radius 3 is 2.69 bits per heavy atom. The summed E-state index contributed by atoms with van der Waals surface area (Å²) in [5.41, 5.74) is 12.6. The second kappa shape index (κ2) is 12.2. The molecule has 2 aliphatic rings. The first kappa shape index (κ1) is 25.9. The minimum atomic E-state index is -0.0376. The molecule has 0 radical (unpaired) electrons. The lowest BCUT2D eigenvalue weighted by Gasteiger charge is -2.27. The molecular weight excluding hydrogens is 434 g/mol. The molecule has 6 heteroatoms. The van der Waals surface area contributed by atoms with E-state index in [1.807, 2.05) is 56.3 Å². The zero-order valence-electron chi connectivity index (χ0n) is 21.6. The maximum atomic E-state index is 13.2. The van der Waals surface area contributed by atoms with E-state index in [-0.39, 0.29) is 11.7 Å². The van der Waals surface area contributed by atoms with Gasteiger partial charge in [0.2, 0.25) is 5.96 Å². The Morgan fingerprint density at radius 2 is 1.94 bits per heavy atom. The fourth-order valence-electron chi connectivity index (χ4n) is 4.07. The number of rotatable bonds is 7. The maximum Gasteiger partial charge on any atom is 0.220 e. The van der Waals surface area contributed by atoms with Crippen LogP contribution in [0.3, 0.4) is 0 Å². The van der Waals surface area contributed by atoms with Crippen LogP contribution in [-0.4, -0.2) is 54.4 Å². The number of hydrogen-bond acceptors (Lipinski definition) is 6. The third kappa shape index (κ3) is 6.92. The highest BCUT2D eigenvalue weighted by atomic mass is 16.1. The number of guanidine groups is 1. The first-order chi connectivity index (χ1) is 16.8. The Balaban J connectivity index is 1.91. The largest absolute Gasteiger partial charge is 0.376 e. The van der Waals surface area contributed by atoms with Crippen LogP contribution in [0, 0.1) is 6.92 Å². The fraction of sp³-hybridized carbons (Fsp3) is 0.345. The van der Waals surface area contributed by atoms with Crippen LogP contribution in [0.1, 0.15) is 44.2 Å². The van der Waals surface area contributed by atoms with Gasteiger partial charge < -0.3 is 15.5 Å². The number of ketones is 1. The molecule has 1 aromatic carbocycles. The lowest BCUT2D eigenvalue weighted by molar-refractivity contribution is -0.111. The minimum Gasteiger partial charge on any atom is -0.376 e. The van der Waals surface area contributed by atoms with Gasteiger partial charge in [0, 0.05) is 50.6 Å². The molecule has 0 bridgehead atoms. The van der Waals surface area contributed by atoms with Gasteiger partial charge in [0.1, 0.15) is 0 Å². The van der Waals surface area contributed by atoms with E-state index in [1.54, 1.807) is 6.08 Å². The van der Waals surface area contributed by atoms with E-state index in [0.29, 0.717) is 17.7 Å². The number of hydrogen-bond donors (Lipinski definition) is 1. The summed E-state index contributed by atoms with van der Waals surface area (Å²) in [6, 6.07) is 8.02. The van der Waals surface area contributed by atoms with Crippen LogP contribution < -0.4 is 5.73 Å². The quantitative estimate of drug-likeness (QED) is 0.574. The van der Waals surface area contributed by atoms with Gasteiger partial charge in [0.15, 0.2) is 5.78 Å². The van der Waals surface area contributed by atoms with Gasteiger partial charge in [-0.3, -0.25) is 4.79 Å². The number of carbonyl (C=O) groups is 1. The van der Waals surface area contributed by atoms with Crippen LogP contribution in [0.25, 0.3) is 0 Å². The number of aliphatic imine (C=N–C) groups is 2. The highest BCUT2D eigenvalue weighted by Gasteiger charge is 2.22. The van der Waals surface area contributed by atoms with Gasteiger partial charge in [-0.2, -0.15) is 0 Å².